The van der Waals surface area contributed by atoms with Crippen molar-refractivity contribution in [2.24, 2.45) is 0 Å². The van der Waals surface area contributed by atoms with E-state index in [1.165, 1.54) is 39.7 Å². The predicted molar refractivity (Wildman–Crippen MR) is 93.2 cm³/mol. The molecule has 0 unspecified atom stereocenters. The van der Waals surface area contributed by atoms with Crippen LogP contribution in [0.4, 0.5) is 0 Å². The fraction of sp³-hybridized carbons (Fsp3) is 0.300. The van der Waals surface area contributed by atoms with Gasteiger partial charge in [-0.25, -0.2) is 0 Å². The first kappa shape index (κ1) is 13.6. The van der Waals surface area contributed by atoms with Crippen molar-refractivity contribution < 1.29 is 0 Å². The average molecular weight is 290 g/mol. The molecule has 1 aliphatic carbocycles. The summed E-state index contributed by atoms with van der Waals surface area (Å²) in [5, 5.41) is 1.41. The molecule has 0 bridgehead atoms. The highest BCUT2D eigenvalue weighted by Gasteiger charge is 2.24. The van der Waals surface area contributed by atoms with Crippen LogP contribution < -0.4 is 0 Å². The molecule has 4 rings (SSSR count). The fourth-order valence-corrected chi connectivity index (χ4v) is 3.72. The Hall–Kier alpha value is -2.06. The van der Waals surface area contributed by atoms with Gasteiger partial charge >= 0.3 is 0 Å². The van der Waals surface area contributed by atoms with Crippen molar-refractivity contribution >= 4 is 10.9 Å². The van der Waals surface area contributed by atoms with Gasteiger partial charge in [0.1, 0.15) is 0 Å². The smallest absolute Gasteiger partial charge is 0.0538 e. The van der Waals surface area contributed by atoms with Crippen molar-refractivity contribution in [3.05, 3.63) is 59.8 Å². The third-order valence-corrected chi connectivity index (χ3v) is 5.01. The van der Waals surface area contributed by atoms with Crippen LogP contribution in [0, 0.1) is 0 Å². The largest absolute Gasteiger partial charge is 0.358 e. The van der Waals surface area contributed by atoms with Crippen LogP contribution in [0.2, 0.25) is 0 Å². The number of rotatable bonds is 2. The van der Waals surface area contributed by atoms with Crippen LogP contribution in [-0.2, 0) is 12.8 Å². The van der Waals surface area contributed by atoms with Crippen LogP contribution in [0.3, 0.4) is 0 Å². The molecule has 112 valence electrons. The van der Waals surface area contributed by atoms with Crippen LogP contribution in [0.15, 0.2) is 48.5 Å². The molecule has 0 spiro atoms. The van der Waals surface area contributed by atoms with Gasteiger partial charge in [0.2, 0.25) is 0 Å². The Morgan fingerprint density at radius 3 is 2.59 bits per heavy atom. The van der Waals surface area contributed by atoms with Crippen molar-refractivity contribution in [1.29, 1.82) is 0 Å². The maximum atomic E-state index is 3.72. The summed E-state index contributed by atoms with van der Waals surface area (Å²) < 4.78 is 0. The minimum absolute atomic E-state index is 0.659. The van der Waals surface area contributed by atoms with Crippen LogP contribution in [0.25, 0.3) is 22.0 Å². The topological polar surface area (TPSA) is 19.0 Å². The molecule has 2 heteroatoms. The first-order valence-electron chi connectivity index (χ1n) is 8.08. The molecular weight excluding hydrogens is 268 g/mol. The molecule has 0 fully saturated rings. The third kappa shape index (κ3) is 2.15. The summed E-state index contributed by atoms with van der Waals surface area (Å²) in [5.74, 6) is 0. The average Bonchev–Trinajstić information content (AvgIpc) is 2.93. The van der Waals surface area contributed by atoms with Crippen molar-refractivity contribution in [2.75, 3.05) is 14.1 Å². The summed E-state index contributed by atoms with van der Waals surface area (Å²) in [6, 6.07) is 18.0. The number of likely N-dealkylation sites (N-methyl/N-ethyl adjacent to an activating group) is 1. The molecular formula is C20H22N2. The van der Waals surface area contributed by atoms with Gasteiger partial charge < -0.3 is 9.88 Å². The van der Waals surface area contributed by atoms with Crippen LogP contribution >= 0.6 is 0 Å². The van der Waals surface area contributed by atoms with Crippen LogP contribution in [0.5, 0.6) is 0 Å². The van der Waals surface area contributed by atoms with Gasteiger partial charge in [0.05, 0.1) is 5.52 Å². The molecule has 1 heterocycles. The monoisotopic (exact) mass is 290 g/mol. The molecule has 22 heavy (non-hydrogen) atoms. The van der Waals surface area contributed by atoms with E-state index in [0.717, 1.165) is 12.8 Å². The number of aromatic amines is 1. The normalized spacial score (nSPS) is 17.9. The third-order valence-electron chi connectivity index (χ3n) is 5.01. The van der Waals surface area contributed by atoms with E-state index in [-0.39, 0.29) is 0 Å². The van der Waals surface area contributed by atoms with E-state index in [9.17, 15) is 0 Å². The molecule has 0 radical (unpaired) electrons. The Balaban J connectivity index is 1.87. The lowest BCUT2D eigenvalue weighted by Crippen LogP contribution is -2.33. The predicted octanol–water partition coefficient (Wildman–Crippen LogP) is 4.25. The van der Waals surface area contributed by atoms with Crippen molar-refractivity contribution in [3.63, 3.8) is 0 Å². The van der Waals surface area contributed by atoms with E-state index in [0.29, 0.717) is 6.04 Å². The van der Waals surface area contributed by atoms with Gasteiger partial charge in [-0.15, -0.1) is 0 Å². The van der Waals surface area contributed by atoms with Crippen LogP contribution in [-0.4, -0.2) is 30.0 Å². The van der Waals surface area contributed by atoms with E-state index in [4.69, 9.17) is 0 Å². The summed E-state index contributed by atoms with van der Waals surface area (Å²) in [5.41, 5.74) is 6.87. The number of H-pyrrole nitrogens is 1. The summed E-state index contributed by atoms with van der Waals surface area (Å²) in [7, 11) is 4.39. The number of aryl methyl sites for hydroxylation is 1. The Morgan fingerprint density at radius 1 is 1.00 bits per heavy atom. The fourth-order valence-electron chi connectivity index (χ4n) is 3.72. The van der Waals surface area contributed by atoms with Gasteiger partial charge in [-0.1, -0.05) is 48.5 Å². The summed E-state index contributed by atoms with van der Waals surface area (Å²) in [6.07, 6.45) is 3.55. The standard InChI is InChI=1S/C20H22N2/c1-22(2)15-11-12-19-18(13-15)17-10-6-9-16(20(17)21-19)14-7-4-3-5-8-14/h3-10,15,21H,11-13H2,1-2H3/t15-/m1/s1. The Kier molecular flexibility index (Phi) is 3.27. The second-order valence-corrected chi connectivity index (χ2v) is 6.54. The zero-order chi connectivity index (χ0) is 15.1. The van der Waals surface area contributed by atoms with Gasteiger partial charge in [0.15, 0.2) is 0 Å². The second-order valence-electron chi connectivity index (χ2n) is 6.54. The lowest BCUT2D eigenvalue weighted by atomic mass is 9.90. The number of aromatic nitrogens is 1. The number of nitrogens with one attached hydrogen (secondary N) is 1. The zero-order valence-corrected chi connectivity index (χ0v) is 13.3. The van der Waals surface area contributed by atoms with Crippen molar-refractivity contribution in [1.82, 2.24) is 9.88 Å². The van der Waals surface area contributed by atoms with E-state index in [1.54, 1.807) is 0 Å². The van der Waals surface area contributed by atoms with Crippen molar-refractivity contribution in [3.8, 4) is 11.1 Å². The highest BCUT2D eigenvalue weighted by Crippen LogP contribution is 2.35. The van der Waals surface area contributed by atoms with E-state index < -0.39 is 0 Å². The van der Waals surface area contributed by atoms with Gasteiger partial charge in [-0.05, 0) is 44.5 Å². The zero-order valence-electron chi connectivity index (χ0n) is 13.3. The highest BCUT2D eigenvalue weighted by atomic mass is 15.1. The molecule has 1 atom stereocenters. The van der Waals surface area contributed by atoms with Crippen LogP contribution in [0.1, 0.15) is 17.7 Å². The van der Waals surface area contributed by atoms with E-state index in [1.807, 2.05) is 0 Å². The number of benzene rings is 2. The molecule has 1 aliphatic rings. The van der Waals surface area contributed by atoms with Gasteiger partial charge in [0.25, 0.3) is 0 Å². The Morgan fingerprint density at radius 2 is 1.82 bits per heavy atom. The quantitative estimate of drug-likeness (QED) is 0.747. The maximum absolute atomic E-state index is 3.72. The number of hydrogen-bond donors (Lipinski definition) is 1. The highest BCUT2D eigenvalue weighted by molar-refractivity contribution is 5.97. The van der Waals surface area contributed by atoms with Gasteiger partial charge in [-0.2, -0.15) is 0 Å². The maximum Gasteiger partial charge on any atom is 0.0538 e. The molecule has 0 saturated heterocycles. The summed E-state index contributed by atoms with van der Waals surface area (Å²) in [6.45, 7) is 0. The molecule has 0 aliphatic heterocycles. The number of fused-ring (bicyclic) bond motifs is 3. The molecule has 2 aromatic carbocycles. The van der Waals surface area contributed by atoms with Crippen molar-refractivity contribution in [2.45, 2.75) is 25.3 Å². The molecule has 3 aromatic rings. The first-order chi connectivity index (χ1) is 10.7. The lowest BCUT2D eigenvalue weighted by molar-refractivity contribution is 0.268. The van der Waals surface area contributed by atoms with Gasteiger partial charge in [0, 0.05) is 22.7 Å². The lowest BCUT2D eigenvalue weighted by Gasteiger charge is -2.28. The molecule has 1 N–H and O–H groups in total. The van der Waals surface area contributed by atoms with Gasteiger partial charge in [-0.3, -0.25) is 0 Å². The Bertz CT molecular complexity index is 799. The summed E-state index contributed by atoms with van der Waals surface area (Å²) in [4.78, 5) is 6.09. The molecule has 0 amide bonds. The number of hydrogen-bond acceptors (Lipinski definition) is 1. The SMILES string of the molecule is CN(C)[C@@H]1CCc2[nH]c3c(-c4ccccc4)cccc3c2C1. The molecule has 2 nitrogen and oxygen atoms in total. The summed E-state index contributed by atoms with van der Waals surface area (Å²) >= 11 is 0. The number of nitrogens with zero attached hydrogens (tertiary/aromatic N) is 1. The Labute approximate surface area is 131 Å². The molecule has 0 saturated carbocycles. The minimum atomic E-state index is 0.659. The molecule has 1 aromatic heterocycles. The number of para-hydroxylation sites is 1. The first-order valence-corrected chi connectivity index (χ1v) is 8.08. The van der Waals surface area contributed by atoms with E-state index >= 15 is 0 Å². The minimum Gasteiger partial charge on any atom is -0.358 e. The second kappa shape index (κ2) is 5.29. The van der Waals surface area contributed by atoms with E-state index in [2.05, 4.69) is 72.5 Å².